The van der Waals surface area contributed by atoms with Gasteiger partial charge in [0.05, 0.1) is 26.7 Å². The van der Waals surface area contributed by atoms with Crippen LogP contribution in [0.5, 0.6) is 23.0 Å². The minimum absolute atomic E-state index is 0.122. The van der Waals surface area contributed by atoms with Crippen molar-refractivity contribution in [3.05, 3.63) is 82.5 Å². The van der Waals surface area contributed by atoms with Crippen LogP contribution in [0, 0.1) is 0 Å². The maximum absolute atomic E-state index is 13.0. The zero-order valence-corrected chi connectivity index (χ0v) is 17.5. The van der Waals surface area contributed by atoms with Crippen LogP contribution in [-0.2, 0) is 6.61 Å². The summed E-state index contributed by atoms with van der Waals surface area (Å²) in [6, 6.07) is 20.2. The predicted molar refractivity (Wildman–Crippen MR) is 118 cm³/mol. The third-order valence-electron chi connectivity index (χ3n) is 4.92. The summed E-state index contributed by atoms with van der Waals surface area (Å²) >= 11 is 0. The van der Waals surface area contributed by atoms with Crippen molar-refractivity contribution in [2.24, 2.45) is 0 Å². The first-order valence-corrected chi connectivity index (χ1v) is 9.68. The Kier molecular flexibility index (Phi) is 5.80. The van der Waals surface area contributed by atoms with Crippen LogP contribution in [0.4, 0.5) is 0 Å². The quantitative estimate of drug-likeness (QED) is 0.418. The lowest BCUT2D eigenvalue weighted by Gasteiger charge is -2.14. The van der Waals surface area contributed by atoms with Crippen LogP contribution in [0.15, 0.2) is 75.9 Å². The van der Waals surface area contributed by atoms with Crippen molar-refractivity contribution < 1.29 is 23.4 Å². The summed E-state index contributed by atoms with van der Waals surface area (Å²) in [5, 5.41) is 0.412. The highest BCUT2D eigenvalue weighted by molar-refractivity contribution is 5.83. The third-order valence-corrected chi connectivity index (χ3v) is 4.92. The molecule has 1 aromatic heterocycles. The van der Waals surface area contributed by atoms with Gasteiger partial charge in [0.1, 0.15) is 17.9 Å². The first-order valence-electron chi connectivity index (χ1n) is 9.68. The molecule has 158 valence electrons. The fourth-order valence-electron chi connectivity index (χ4n) is 3.32. The van der Waals surface area contributed by atoms with E-state index >= 15 is 0 Å². The molecule has 4 rings (SSSR count). The Morgan fingerprint density at radius 1 is 0.806 bits per heavy atom. The van der Waals surface area contributed by atoms with E-state index in [1.807, 2.05) is 30.3 Å². The number of methoxy groups -OCH3 is 3. The molecule has 6 heteroatoms. The van der Waals surface area contributed by atoms with Crippen molar-refractivity contribution in [1.82, 2.24) is 0 Å². The predicted octanol–water partition coefficient (Wildman–Crippen LogP) is 5.06. The van der Waals surface area contributed by atoms with Gasteiger partial charge in [0, 0.05) is 11.6 Å². The molecule has 6 nitrogen and oxygen atoms in total. The lowest BCUT2D eigenvalue weighted by atomic mass is 10.1. The summed E-state index contributed by atoms with van der Waals surface area (Å²) in [7, 11) is 4.58. The van der Waals surface area contributed by atoms with E-state index in [0.717, 1.165) is 5.56 Å². The van der Waals surface area contributed by atoms with E-state index in [2.05, 4.69) is 0 Å². The largest absolute Gasteiger partial charge is 0.497 e. The van der Waals surface area contributed by atoms with E-state index in [4.69, 9.17) is 23.4 Å². The fraction of sp³-hybridized carbons (Fsp3) is 0.160. The molecule has 0 saturated heterocycles. The zero-order valence-electron chi connectivity index (χ0n) is 17.5. The number of fused-ring (bicyclic) bond motifs is 1. The van der Waals surface area contributed by atoms with Crippen molar-refractivity contribution in [2.45, 2.75) is 6.61 Å². The first-order chi connectivity index (χ1) is 15.1. The molecule has 0 fully saturated rings. The second kappa shape index (κ2) is 8.83. The standard InChI is InChI=1S/C25H22O6/c1-27-18-10-11-19-21(14-18)31-24(25(29-3)23(19)26)17-9-12-20(28-2)22(13-17)30-15-16-7-5-4-6-8-16/h4-14H,15H2,1-3H3. The van der Waals surface area contributed by atoms with Gasteiger partial charge in [0.2, 0.25) is 11.2 Å². The maximum Gasteiger partial charge on any atom is 0.235 e. The van der Waals surface area contributed by atoms with Gasteiger partial charge in [-0.25, -0.2) is 0 Å². The highest BCUT2D eigenvalue weighted by Gasteiger charge is 2.19. The molecule has 0 aliphatic carbocycles. The Morgan fingerprint density at radius 3 is 2.32 bits per heavy atom. The summed E-state index contributed by atoms with van der Waals surface area (Å²) in [5.74, 6) is 2.12. The van der Waals surface area contributed by atoms with Crippen molar-refractivity contribution in [2.75, 3.05) is 21.3 Å². The molecule has 0 radical (unpaired) electrons. The van der Waals surface area contributed by atoms with Crippen LogP contribution < -0.4 is 24.4 Å². The van der Waals surface area contributed by atoms with E-state index in [-0.39, 0.29) is 11.2 Å². The van der Waals surface area contributed by atoms with Crippen LogP contribution in [0.3, 0.4) is 0 Å². The van der Waals surface area contributed by atoms with E-state index in [1.165, 1.54) is 7.11 Å². The Hall–Kier alpha value is -3.93. The van der Waals surface area contributed by atoms with Crippen molar-refractivity contribution in [3.8, 4) is 34.3 Å². The van der Waals surface area contributed by atoms with Gasteiger partial charge >= 0.3 is 0 Å². The molecule has 3 aromatic carbocycles. The van der Waals surface area contributed by atoms with E-state index in [1.54, 1.807) is 50.6 Å². The van der Waals surface area contributed by atoms with Gasteiger partial charge in [-0.15, -0.1) is 0 Å². The number of benzene rings is 3. The topological polar surface area (TPSA) is 67.1 Å². The molecular formula is C25H22O6. The Morgan fingerprint density at radius 2 is 1.61 bits per heavy atom. The molecule has 0 saturated carbocycles. The number of ether oxygens (including phenoxy) is 4. The van der Waals surface area contributed by atoms with Gasteiger partial charge in [-0.05, 0) is 35.9 Å². The minimum atomic E-state index is -0.260. The second-order valence-electron chi connectivity index (χ2n) is 6.80. The summed E-state index contributed by atoms with van der Waals surface area (Å²) in [6.07, 6.45) is 0. The lowest BCUT2D eigenvalue weighted by Crippen LogP contribution is -2.07. The van der Waals surface area contributed by atoms with E-state index < -0.39 is 0 Å². The molecule has 0 unspecified atom stereocenters. The Bertz CT molecular complexity index is 1260. The van der Waals surface area contributed by atoms with Crippen molar-refractivity contribution in [3.63, 3.8) is 0 Å². The second-order valence-corrected chi connectivity index (χ2v) is 6.80. The van der Waals surface area contributed by atoms with Crippen LogP contribution in [0.2, 0.25) is 0 Å². The van der Waals surface area contributed by atoms with Gasteiger partial charge in [0.25, 0.3) is 0 Å². The molecule has 0 aliphatic heterocycles. The molecule has 0 amide bonds. The molecule has 31 heavy (non-hydrogen) atoms. The molecule has 1 heterocycles. The molecule has 0 N–H and O–H groups in total. The molecule has 0 bridgehead atoms. The summed E-state index contributed by atoms with van der Waals surface area (Å²) < 4.78 is 28.2. The molecule has 0 spiro atoms. The molecule has 0 atom stereocenters. The number of rotatable bonds is 7. The normalized spacial score (nSPS) is 10.7. The Balaban J connectivity index is 1.80. The summed E-state index contributed by atoms with van der Waals surface area (Å²) in [5.41, 5.74) is 1.80. The molecule has 4 aromatic rings. The van der Waals surface area contributed by atoms with Crippen molar-refractivity contribution in [1.29, 1.82) is 0 Å². The first kappa shape index (κ1) is 20.3. The van der Waals surface area contributed by atoms with Gasteiger partial charge in [0.15, 0.2) is 17.3 Å². The van der Waals surface area contributed by atoms with Crippen molar-refractivity contribution >= 4 is 11.0 Å². The van der Waals surface area contributed by atoms with Gasteiger partial charge in [-0.2, -0.15) is 0 Å². The average molecular weight is 418 g/mol. The van der Waals surface area contributed by atoms with Gasteiger partial charge in [-0.3, -0.25) is 4.79 Å². The highest BCUT2D eigenvalue weighted by Crippen LogP contribution is 2.37. The van der Waals surface area contributed by atoms with Crippen LogP contribution in [-0.4, -0.2) is 21.3 Å². The summed E-state index contributed by atoms with van der Waals surface area (Å²) in [4.78, 5) is 13.0. The van der Waals surface area contributed by atoms with E-state index in [9.17, 15) is 4.79 Å². The van der Waals surface area contributed by atoms with E-state index in [0.29, 0.717) is 46.1 Å². The SMILES string of the molecule is COc1ccc2c(=O)c(OC)c(-c3ccc(OC)c(OCc4ccccc4)c3)oc2c1. The highest BCUT2D eigenvalue weighted by atomic mass is 16.5. The Labute approximate surface area is 179 Å². The fourth-order valence-corrected chi connectivity index (χ4v) is 3.32. The summed E-state index contributed by atoms with van der Waals surface area (Å²) in [6.45, 7) is 0.372. The maximum atomic E-state index is 13.0. The number of hydrogen-bond acceptors (Lipinski definition) is 6. The van der Waals surface area contributed by atoms with Crippen LogP contribution >= 0.6 is 0 Å². The van der Waals surface area contributed by atoms with Gasteiger partial charge < -0.3 is 23.4 Å². The smallest absolute Gasteiger partial charge is 0.235 e. The lowest BCUT2D eigenvalue weighted by molar-refractivity contribution is 0.284. The van der Waals surface area contributed by atoms with Gasteiger partial charge in [-0.1, -0.05) is 30.3 Å². The van der Waals surface area contributed by atoms with Crippen LogP contribution in [0.25, 0.3) is 22.3 Å². The molecule has 0 aliphatic rings. The monoisotopic (exact) mass is 418 g/mol. The average Bonchev–Trinajstić information content (AvgIpc) is 2.82. The minimum Gasteiger partial charge on any atom is -0.497 e. The molecular weight excluding hydrogens is 396 g/mol. The number of hydrogen-bond donors (Lipinski definition) is 0. The van der Waals surface area contributed by atoms with Crippen LogP contribution in [0.1, 0.15) is 5.56 Å². The third kappa shape index (κ3) is 4.05. The zero-order chi connectivity index (χ0) is 21.8.